The van der Waals surface area contributed by atoms with Crippen molar-refractivity contribution in [1.82, 2.24) is 4.98 Å². The molecule has 5 heteroatoms. The third kappa shape index (κ3) is 3.76. The fraction of sp³-hybridized carbons (Fsp3) is 0.208. The van der Waals surface area contributed by atoms with Gasteiger partial charge in [-0.25, -0.2) is 9.78 Å². The SMILES string of the molecule is CC(OC(=O)c1c2c(nc3ccccc13)/C(=C\c1ccccc1)CCC2)C(N)=O. The number of fused-ring (bicyclic) bond motifs is 2. The van der Waals surface area contributed by atoms with Crippen molar-refractivity contribution in [2.75, 3.05) is 0 Å². The summed E-state index contributed by atoms with van der Waals surface area (Å²) >= 11 is 0. The summed E-state index contributed by atoms with van der Waals surface area (Å²) < 4.78 is 5.36. The van der Waals surface area contributed by atoms with E-state index in [2.05, 4.69) is 6.08 Å². The summed E-state index contributed by atoms with van der Waals surface area (Å²) in [6.45, 7) is 1.48. The predicted molar refractivity (Wildman–Crippen MR) is 113 cm³/mol. The average Bonchev–Trinajstić information content (AvgIpc) is 2.73. The minimum absolute atomic E-state index is 0.484. The number of rotatable bonds is 4. The lowest BCUT2D eigenvalue weighted by molar-refractivity contribution is -0.125. The number of esters is 1. The van der Waals surface area contributed by atoms with Gasteiger partial charge in [-0.3, -0.25) is 4.79 Å². The van der Waals surface area contributed by atoms with Gasteiger partial charge in [0.2, 0.25) is 0 Å². The number of allylic oxidation sites excluding steroid dienone is 1. The van der Waals surface area contributed by atoms with Crippen LogP contribution >= 0.6 is 0 Å². The van der Waals surface area contributed by atoms with Gasteiger partial charge in [-0.05, 0) is 55.0 Å². The maximum absolute atomic E-state index is 13.0. The first kappa shape index (κ1) is 18.9. The number of primary amides is 1. The number of amides is 1. The Morgan fingerprint density at radius 3 is 2.55 bits per heavy atom. The monoisotopic (exact) mass is 386 g/mol. The molecule has 1 heterocycles. The Morgan fingerprint density at radius 2 is 1.79 bits per heavy atom. The molecule has 0 saturated carbocycles. The highest BCUT2D eigenvalue weighted by Gasteiger charge is 2.27. The van der Waals surface area contributed by atoms with E-state index in [0.717, 1.165) is 52.6 Å². The number of nitrogens with two attached hydrogens (primary N) is 1. The number of benzene rings is 2. The van der Waals surface area contributed by atoms with Crippen LogP contribution in [0.25, 0.3) is 22.6 Å². The molecule has 1 aliphatic carbocycles. The second kappa shape index (κ2) is 7.87. The van der Waals surface area contributed by atoms with Gasteiger partial charge in [-0.1, -0.05) is 48.5 Å². The first-order valence-corrected chi connectivity index (χ1v) is 9.72. The summed E-state index contributed by atoms with van der Waals surface area (Å²) in [6, 6.07) is 17.6. The third-order valence-corrected chi connectivity index (χ3v) is 5.20. The predicted octanol–water partition coefficient (Wildman–Crippen LogP) is 4.14. The van der Waals surface area contributed by atoms with E-state index in [1.54, 1.807) is 0 Å². The molecule has 0 aliphatic heterocycles. The van der Waals surface area contributed by atoms with Crippen LogP contribution in [0, 0.1) is 0 Å². The Balaban J connectivity index is 1.89. The van der Waals surface area contributed by atoms with E-state index in [9.17, 15) is 9.59 Å². The van der Waals surface area contributed by atoms with Crippen LogP contribution in [0.3, 0.4) is 0 Å². The van der Waals surface area contributed by atoms with Crippen LogP contribution in [0.5, 0.6) is 0 Å². The number of hydrogen-bond donors (Lipinski definition) is 1. The van der Waals surface area contributed by atoms with Crippen molar-refractivity contribution in [3.63, 3.8) is 0 Å². The lowest BCUT2D eigenvalue weighted by Gasteiger charge is -2.23. The lowest BCUT2D eigenvalue weighted by Crippen LogP contribution is -2.31. The van der Waals surface area contributed by atoms with Crippen molar-refractivity contribution in [1.29, 1.82) is 0 Å². The molecule has 3 aromatic rings. The van der Waals surface area contributed by atoms with Crippen LogP contribution in [0.4, 0.5) is 0 Å². The molecule has 1 aliphatic rings. The summed E-state index contributed by atoms with van der Waals surface area (Å²) in [6.07, 6.45) is 3.67. The molecule has 29 heavy (non-hydrogen) atoms. The van der Waals surface area contributed by atoms with E-state index >= 15 is 0 Å². The summed E-state index contributed by atoms with van der Waals surface area (Å²) in [7, 11) is 0. The standard InChI is InChI=1S/C24H22N2O3/c1-15(23(25)27)29-24(28)21-18-11-5-6-13-20(18)26-22-17(10-7-12-19(21)22)14-16-8-3-2-4-9-16/h2-6,8-9,11,13-15H,7,10,12H2,1H3,(H2,25,27)/b17-14-. The van der Waals surface area contributed by atoms with E-state index in [-0.39, 0.29) is 0 Å². The Bertz CT molecular complexity index is 1120. The van der Waals surface area contributed by atoms with Gasteiger partial charge >= 0.3 is 5.97 Å². The highest BCUT2D eigenvalue weighted by molar-refractivity contribution is 6.07. The van der Waals surface area contributed by atoms with Crippen molar-refractivity contribution in [3.05, 3.63) is 77.0 Å². The molecule has 1 amide bonds. The normalized spacial score (nSPS) is 15.7. The molecule has 1 atom stereocenters. The minimum Gasteiger partial charge on any atom is -0.449 e. The maximum atomic E-state index is 13.0. The number of para-hydroxylation sites is 1. The first-order chi connectivity index (χ1) is 14.0. The summed E-state index contributed by atoms with van der Waals surface area (Å²) in [5.74, 6) is -1.21. The third-order valence-electron chi connectivity index (χ3n) is 5.20. The number of ether oxygens (including phenoxy) is 1. The molecule has 0 fully saturated rings. The summed E-state index contributed by atoms with van der Waals surface area (Å²) in [5, 5.41) is 0.730. The average molecular weight is 386 g/mol. The Kier molecular flexibility index (Phi) is 5.12. The Hall–Kier alpha value is -3.47. The zero-order chi connectivity index (χ0) is 20.4. The zero-order valence-electron chi connectivity index (χ0n) is 16.2. The molecule has 0 radical (unpaired) electrons. The summed E-state index contributed by atoms with van der Waals surface area (Å²) in [4.78, 5) is 29.3. The second-order valence-electron chi connectivity index (χ2n) is 7.21. The van der Waals surface area contributed by atoms with Crippen molar-refractivity contribution in [2.45, 2.75) is 32.3 Å². The number of aromatic nitrogens is 1. The van der Waals surface area contributed by atoms with Gasteiger partial charge in [0.15, 0.2) is 6.10 Å². The van der Waals surface area contributed by atoms with Crippen LogP contribution < -0.4 is 5.73 Å². The number of carbonyl (C=O) groups excluding carboxylic acids is 2. The van der Waals surface area contributed by atoms with E-state index in [0.29, 0.717) is 5.56 Å². The van der Waals surface area contributed by atoms with Crippen molar-refractivity contribution < 1.29 is 14.3 Å². The fourth-order valence-electron chi connectivity index (χ4n) is 3.74. The van der Waals surface area contributed by atoms with Gasteiger partial charge in [0.05, 0.1) is 16.8 Å². The van der Waals surface area contributed by atoms with Gasteiger partial charge in [-0.15, -0.1) is 0 Å². The van der Waals surface area contributed by atoms with Gasteiger partial charge in [0, 0.05) is 5.39 Å². The number of carbonyl (C=O) groups is 2. The molecule has 0 saturated heterocycles. The molecular formula is C24H22N2O3. The molecule has 2 N–H and O–H groups in total. The number of hydrogen-bond acceptors (Lipinski definition) is 4. The van der Waals surface area contributed by atoms with Crippen molar-refractivity contribution >= 4 is 34.4 Å². The van der Waals surface area contributed by atoms with Gasteiger partial charge in [0.25, 0.3) is 5.91 Å². The molecule has 2 aromatic carbocycles. The van der Waals surface area contributed by atoms with E-state index < -0.39 is 18.0 Å². The van der Waals surface area contributed by atoms with E-state index in [1.165, 1.54) is 6.92 Å². The van der Waals surface area contributed by atoms with Crippen molar-refractivity contribution in [2.24, 2.45) is 5.73 Å². The first-order valence-electron chi connectivity index (χ1n) is 9.72. The topological polar surface area (TPSA) is 82.3 Å². The number of nitrogens with zero attached hydrogens (tertiary/aromatic N) is 1. The molecule has 146 valence electrons. The van der Waals surface area contributed by atoms with Crippen LogP contribution in [-0.4, -0.2) is 23.0 Å². The highest BCUT2D eigenvalue weighted by atomic mass is 16.5. The van der Waals surface area contributed by atoms with E-state index in [1.807, 2.05) is 54.6 Å². The Labute approximate surface area is 169 Å². The highest BCUT2D eigenvalue weighted by Crippen LogP contribution is 2.36. The van der Waals surface area contributed by atoms with Gasteiger partial charge in [0.1, 0.15) is 0 Å². The maximum Gasteiger partial charge on any atom is 0.339 e. The van der Waals surface area contributed by atoms with Crippen LogP contribution in [0.2, 0.25) is 0 Å². The zero-order valence-corrected chi connectivity index (χ0v) is 16.2. The minimum atomic E-state index is -0.993. The van der Waals surface area contributed by atoms with Crippen LogP contribution in [-0.2, 0) is 16.0 Å². The van der Waals surface area contributed by atoms with Crippen LogP contribution in [0.15, 0.2) is 54.6 Å². The lowest BCUT2D eigenvalue weighted by atomic mass is 9.86. The summed E-state index contributed by atoms with van der Waals surface area (Å²) in [5.41, 5.74) is 10.4. The molecule has 5 nitrogen and oxygen atoms in total. The Morgan fingerprint density at radius 1 is 1.07 bits per heavy atom. The fourth-order valence-corrected chi connectivity index (χ4v) is 3.74. The molecule has 4 rings (SSSR count). The van der Waals surface area contributed by atoms with Crippen molar-refractivity contribution in [3.8, 4) is 0 Å². The van der Waals surface area contributed by atoms with Crippen LogP contribution in [0.1, 0.15) is 46.9 Å². The second-order valence-corrected chi connectivity index (χ2v) is 7.21. The quantitative estimate of drug-likeness (QED) is 0.683. The van der Waals surface area contributed by atoms with Gasteiger partial charge < -0.3 is 10.5 Å². The largest absolute Gasteiger partial charge is 0.449 e. The molecule has 1 unspecified atom stereocenters. The molecule has 0 bridgehead atoms. The smallest absolute Gasteiger partial charge is 0.339 e. The van der Waals surface area contributed by atoms with E-state index in [4.69, 9.17) is 15.5 Å². The molecule has 1 aromatic heterocycles. The molecular weight excluding hydrogens is 364 g/mol. The molecule has 0 spiro atoms. The van der Waals surface area contributed by atoms with Gasteiger partial charge in [-0.2, -0.15) is 0 Å². The number of pyridine rings is 1.